The van der Waals surface area contributed by atoms with Gasteiger partial charge >= 0.3 is 12.1 Å². The normalized spacial score (nSPS) is 17.3. The van der Waals surface area contributed by atoms with Gasteiger partial charge in [0.15, 0.2) is 0 Å². The van der Waals surface area contributed by atoms with Crippen molar-refractivity contribution in [3.05, 3.63) is 71.8 Å². The van der Waals surface area contributed by atoms with Crippen LogP contribution in [0.5, 0.6) is 0 Å². The van der Waals surface area contributed by atoms with Crippen molar-refractivity contribution in [1.29, 1.82) is 0 Å². The third-order valence-electron chi connectivity index (χ3n) is 5.54. The number of ether oxygens (including phenoxy) is 2. The highest BCUT2D eigenvalue weighted by molar-refractivity contribution is 5.93. The van der Waals surface area contributed by atoms with Crippen LogP contribution in [0.3, 0.4) is 0 Å². The first kappa shape index (κ1) is 23.3. The summed E-state index contributed by atoms with van der Waals surface area (Å²) in [5.41, 5.74) is 0.507. The number of benzene rings is 2. The molecule has 1 N–H and O–H groups in total. The second-order valence-corrected chi connectivity index (χ2v) is 8.09. The molecule has 7 heteroatoms. The number of rotatable bonds is 8. The first-order valence-corrected chi connectivity index (χ1v) is 10.9. The lowest BCUT2D eigenvalue weighted by atomic mass is 9.91. The summed E-state index contributed by atoms with van der Waals surface area (Å²) in [6.45, 7) is 4.15. The molecule has 170 valence electrons. The van der Waals surface area contributed by atoms with Crippen LogP contribution in [0.15, 0.2) is 60.7 Å². The SMILES string of the molecule is CCOC(=O)NC(C)(Cc1ccccc1)C(=O)N1CCC[C@H]1C(=O)OCc1ccccc1. The largest absolute Gasteiger partial charge is 0.459 e. The third-order valence-corrected chi connectivity index (χ3v) is 5.54. The van der Waals surface area contributed by atoms with Crippen molar-refractivity contribution < 1.29 is 23.9 Å². The molecule has 1 unspecified atom stereocenters. The van der Waals surface area contributed by atoms with E-state index in [9.17, 15) is 14.4 Å². The molecule has 1 aliphatic rings. The van der Waals surface area contributed by atoms with Gasteiger partial charge in [0.05, 0.1) is 6.61 Å². The Morgan fingerprint density at radius 1 is 1.00 bits per heavy atom. The van der Waals surface area contributed by atoms with Gasteiger partial charge in [-0.25, -0.2) is 9.59 Å². The van der Waals surface area contributed by atoms with Gasteiger partial charge in [0, 0.05) is 13.0 Å². The van der Waals surface area contributed by atoms with Gasteiger partial charge in [0.1, 0.15) is 18.2 Å². The van der Waals surface area contributed by atoms with Crippen LogP contribution < -0.4 is 5.32 Å². The van der Waals surface area contributed by atoms with E-state index >= 15 is 0 Å². The van der Waals surface area contributed by atoms with Crippen molar-refractivity contribution in [2.45, 2.75) is 51.3 Å². The van der Waals surface area contributed by atoms with E-state index in [2.05, 4.69) is 5.32 Å². The van der Waals surface area contributed by atoms with Crippen molar-refractivity contribution in [1.82, 2.24) is 10.2 Å². The summed E-state index contributed by atoms with van der Waals surface area (Å²) >= 11 is 0. The number of nitrogens with one attached hydrogen (secondary N) is 1. The lowest BCUT2D eigenvalue weighted by Gasteiger charge is -2.35. The Bertz CT molecular complexity index is 918. The van der Waals surface area contributed by atoms with Crippen molar-refractivity contribution in [3.63, 3.8) is 0 Å². The second kappa shape index (κ2) is 10.8. The second-order valence-electron chi connectivity index (χ2n) is 8.09. The summed E-state index contributed by atoms with van der Waals surface area (Å²) in [4.78, 5) is 40.2. The fraction of sp³-hybridized carbons (Fsp3) is 0.400. The maximum atomic E-state index is 13.6. The van der Waals surface area contributed by atoms with Crippen molar-refractivity contribution in [3.8, 4) is 0 Å². The van der Waals surface area contributed by atoms with Crippen molar-refractivity contribution >= 4 is 18.0 Å². The molecule has 1 fully saturated rings. The molecule has 0 aromatic heterocycles. The van der Waals surface area contributed by atoms with E-state index in [1.807, 2.05) is 60.7 Å². The van der Waals surface area contributed by atoms with Gasteiger partial charge in [0.25, 0.3) is 0 Å². The van der Waals surface area contributed by atoms with Gasteiger partial charge in [-0.05, 0) is 37.8 Å². The number of nitrogens with zero attached hydrogens (tertiary/aromatic N) is 1. The fourth-order valence-electron chi connectivity index (χ4n) is 3.97. The van der Waals surface area contributed by atoms with Gasteiger partial charge < -0.3 is 19.7 Å². The molecule has 3 rings (SSSR count). The Labute approximate surface area is 188 Å². The number of esters is 1. The molecule has 0 spiro atoms. The van der Waals surface area contributed by atoms with Gasteiger partial charge in [-0.15, -0.1) is 0 Å². The maximum Gasteiger partial charge on any atom is 0.407 e. The number of amides is 2. The zero-order chi connectivity index (χ0) is 23.0. The molecule has 0 aliphatic carbocycles. The number of carbonyl (C=O) groups excluding carboxylic acids is 3. The van der Waals surface area contributed by atoms with Crippen LogP contribution in [-0.4, -0.2) is 47.6 Å². The maximum absolute atomic E-state index is 13.6. The smallest absolute Gasteiger partial charge is 0.407 e. The van der Waals surface area contributed by atoms with E-state index in [0.717, 1.165) is 11.1 Å². The molecule has 0 saturated carbocycles. The minimum Gasteiger partial charge on any atom is -0.459 e. The number of hydrogen-bond donors (Lipinski definition) is 1. The molecule has 0 radical (unpaired) electrons. The van der Waals surface area contributed by atoms with Crippen molar-refractivity contribution in [2.75, 3.05) is 13.2 Å². The predicted molar refractivity (Wildman–Crippen MR) is 120 cm³/mol. The van der Waals surface area contributed by atoms with Crippen LogP contribution in [0, 0.1) is 0 Å². The van der Waals surface area contributed by atoms with Crippen LogP contribution >= 0.6 is 0 Å². The average molecular weight is 439 g/mol. The Balaban J connectivity index is 1.75. The molecular formula is C25H30N2O5. The molecule has 0 bridgehead atoms. The molecule has 2 aromatic carbocycles. The summed E-state index contributed by atoms with van der Waals surface area (Å²) < 4.78 is 10.5. The lowest BCUT2D eigenvalue weighted by molar-refractivity contribution is -0.156. The summed E-state index contributed by atoms with van der Waals surface area (Å²) in [5.74, 6) is -0.758. The van der Waals surface area contributed by atoms with Crippen molar-refractivity contribution in [2.24, 2.45) is 0 Å². The molecule has 32 heavy (non-hydrogen) atoms. The Morgan fingerprint density at radius 2 is 1.62 bits per heavy atom. The van der Waals surface area contributed by atoms with Crippen LogP contribution in [0.25, 0.3) is 0 Å². The lowest BCUT2D eigenvalue weighted by Crippen LogP contribution is -2.61. The molecule has 2 atom stereocenters. The number of alkyl carbamates (subject to hydrolysis) is 1. The van der Waals surface area contributed by atoms with Gasteiger partial charge in [-0.2, -0.15) is 0 Å². The molecular weight excluding hydrogens is 408 g/mol. The Morgan fingerprint density at radius 3 is 2.25 bits per heavy atom. The van der Waals surface area contributed by atoms with Crippen LogP contribution in [-0.2, 0) is 32.1 Å². The monoisotopic (exact) mass is 438 g/mol. The van der Waals surface area contributed by atoms with Gasteiger partial charge in [-0.1, -0.05) is 60.7 Å². The molecule has 2 aromatic rings. The summed E-state index contributed by atoms with van der Waals surface area (Å²) in [6, 6.07) is 18.2. The topological polar surface area (TPSA) is 84.9 Å². The summed E-state index contributed by atoms with van der Waals surface area (Å²) in [6.07, 6.45) is 0.827. The quantitative estimate of drug-likeness (QED) is 0.638. The van der Waals surface area contributed by atoms with Crippen LogP contribution in [0.4, 0.5) is 4.79 Å². The zero-order valence-electron chi connectivity index (χ0n) is 18.6. The fourth-order valence-corrected chi connectivity index (χ4v) is 3.97. The third kappa shape index (κ3) is 5.87. The average Bonchev–Trinajstić information content (AvgIpc) is 3.28. The molecule has 7 nitrogen and oxygen atoms in total. The molecule has 1 heterocycles. The minimum absolute atomic E-state index is 0.153. The Kier molecular flexibility index (Phi) is 7.87. The van der Waals surface area contributed by atoms with E-state index in [0.29, 0.717) is 19.4 Å². The molecule has 1 saturated heterocycles. The van der Waals surface area contributed by atoms with E-state index in [-0.39, 0.29) is 25.5 Å². The molecule has 1 aliphatic heterocycles. The zero-order valence-corrected chi connectivity index (χ0v) is 18.6. The number of likely N-dealkylation sites (tertiary alicyclic amines) is 1. The first-order chi connectivity index (χ1) is 15.4. The van der Waals surface area contributed by atoms with Gasteiger partial charge in [0.2, 0.25) is 5.91 Å². The highest BCUT2D eigenvalue weighted by atomic mass is 16.5. The molecule has 2 amide bonds. The summed E-state index contributed by atoms with van der Waals surface area (Å²) in [5, 5.41) is 2.73. The standard InChI is InChI=1S/C25H30N2O5/c1-3-31-24(30)26-25(2,17-19-11-6-4-7-12-19)23(29)27-16-10-15-21(27)22(28)32-18-20-13-8-5-9-14-20/h4-9,11-14,21H,3,10,15-18H2,1-2H3,(H,26,30)/t21-,25?/m0/s1. The number of hydrogen-bond acceptors (Lipinski definition) is 5. The van der Waals surface area contributed by atoms with E-state index < -0.39 is 23.6 Å². The first-order valence-electron chi connectivity index (χ1n) is 10.9. The van der Waals surface area contributed by atoms with E-state index in [1.54, 1.807) is 13.8 Å². The highest BCUT2D eigenvalue weighted by Crippen LogP contribution is 2.25. The van der Waals surface area contributed by atoms with E-state index in [1.165, 1.54) is 4.90 Å². The van der Waals surface area contributed by atoms with Gasteiger partial charge in [-0.3, -0.25) is 4.79 Å². The van der Waals surface area contributed by atoms with E-state index in [4.69, 9.17) is 9.47 Å². The number of carbonyl (C=O) groups is 3. The van der Waals surface area contributed by atoms with Crippen LogP contribution in [0.1, 0.15) is 37.8 Å². The van der Waals surface area contributed by atoms with Crippen LogP contribution in [0.2, 0.25) is 0 Å². The summed E-state index contributed by atoms with van der Waals surface area (Å²) in [7, 11) is 0. The predicted octanol–water partition coefficient (Wildman–Crippen LogP) is 3.47. The Hall–Kier alpha value is -3.35. The highest BCUT2D eigenvalue weighted by Gasteiger charge is 2.45. The minimum atomic E-state index is -1.27.